The Hall–Kier alpha value is -1.59. The molecule has 5 nitrogen and oxygen atoms in total. The van der Waals surface area contributed by atoms with Gasteiger partial charge in [-0.3, -0.25) is 10.00 Å². The minimum atomic E-state index is 0.640. The predicted molar refractivity (Wildman–Crippen MR) is 79.0 cm³/mol. The lowest BCUT2D eigenvalue weighted by Gasteiger charge is -2.14. The largest absolute Gasteiger partial charge is 0.492 e. The Kier molecular flexibility index (Phi) is 5.38. The molecule has 20 heavy (non-hydrogen) atoms. The first-order valence-corrected chi connectivity index (χ1v) is 6.96. The highest BCUT2D eigenvalue weighted by atomic mass is 35.5. The van der Waals surface area contributed by atoms with Gasteiger partial charge in [-0.1, -0.05) is 23.7 Å². The molecule has 2 aromatic rings. The molecule has 0 unspecified atom stereocenters. The summed E-state index contributed by atoms with van der Waals surface area (Å²) in [5, 5.41) is 7.61. The van der Waals surface area contributed by atoms with Crippen LogP contribution in [0.5, 0.6) is 5.75 Å². The molecule has 0 radical (unpaired) electrons. The number of aromatic nitrogens is 3. The van der Waals surface area contributed by atoms with E-state index in [9.17, 15) is 0 Å². The number of H-pyrrole nitrogens is 1. The summed E-state index contributed by atoms with van der Waals surface area (Å²) in [6.45, 7) is 4.18. The van der Waals surface area contributed by atoms with E-state index in [0.29, 0.717) is 11.6 Å². The van der Waals surface area contributed by atoms with Crippen LogP contribution in [0.4, 0.5) is 0 Å². The molecule has 0 fully saturated rings. The van der Waals surface area contributed by atoms with Crippen molar-refractivity contribution >= 4 is 11.6 Å². The molecule has 1 aromatic heterocycles. The van der Waals surface area contributed by atoms with Crippen molar-refractivity contribution in [3.05, 3.63) is 40.9 Å². The van der Waals surface area contributed by atoms with Gasteiger partial charge in [-0.15, -0.1) is 0 Å². The number of para-hydroxylation sites is 1. The first kappa shape index (κ1) is 14.8. The van der Waals surface area contributed by atoms with Crippen molar-refractivity contribution in [2.45, 2.75) is 19.9 Å². The average Bonchev–Trinajstić information content (AvgIpc) is 2.82. The summed E-state index contributed by atoms with van der Waals surface area (Å²) in [6, 6.07) is 7.51. The van der Waals surface area contributed by atoms with Crippen LogP contribution in [-0.4, -0.2) is 40.3 Å². The van der Waals surface area contributed by atoms with Crippen LogP contribution in [0.25, 0.3) is 0 Å². The molecular formula is C14H19ClN4O. The molecule has 0 atom stereocenters. The first-order valence-electron chi connectivity index (χ1n) is 6.59. The van der Waals surface area contributed by atoms with E-state index in [0.717, 1.165) is 36.9 Å². The molecule has 6 heteroatoms. The number of ether oxygens (including phenoxy) is 1. The number of rotatable bonds is 7. The van der Waals surface area contributed by atoms with Crippen molar-refractivity contribution in [2.24, 2.45) is 0 Å². The maximum Gasteiger partial charge on any atom is 0.164 e. The Morgan fingerprint density at radius 1 is 1.35 bits per heavy atom. The predicted octanol–water partition coefficient (Wildman–Crippen LogP) is 2.67. The molecule has 0 spiro atoms. The highest BCUT2D eigenvalue weighted by Gasteiger charge is 2.05. The monoisotopic (exact) mass is 294 g/mol. The number of nitrogens with one attached hydrogen (secondary N) is 1. The van der Waals surface area contributed by atoms with Gasteiger partial charge in [0, 0.05) is 6.54 Å². The lowest BCUT2D eigenvalue weighted by atomic mass is 10.3. The summed E-state index contributed by atoms with van der Waals surface area (Å²) in [5.41, 5.74) is 0. The number of hydrogen-bond acceptors (Lipinski definition) is 4. The lowest BCUT2D eigenvalue weighted by molar-refractivity contribution is 0.256. The average molecular weight is 295 g/mol. The van der Waals surface area contributed by atoms with Gasteiger partial charge in [0.2, 0.25) is 0 Å². The van der Waals surface area contributed by atoms with Gasteiger partial charge in [-0.25, -0.2) is 4.98 Å². The zero-order valence-electron chi connectivity index (χ0n) is 11.8. The fourth-order valence-electron chi connectivity index (χ4n) is 1.86. The van der Waals surface area contributed by atoms with Crippen LogP contribution in [0.15, 0.2) is 24.3 Å². The SMILES string of the molecule is Cc1nc(CN(C)CCCOc2ccccc2Cl)n[nH]1. The summed E-state index contributed by atoms with van der Waals surface area (Å²) < 4.78 is 5.65. The van der Waals surface area contributed by atoms with E-state index < -0.39 is 0 Å². The molecule has 0 aliphatic carbocycles. The summed E-state index contributed by atoms with van der Waals surface area (Å²) in [7, 11) is 2.04. The molecule has 1 N–H and O–H groups in total. The molecular weight excluding hydrogens is 276 g/mol. The van der Waals surface area contributed by atoms with Crippen LogP contribution in [0, 0.1) is 6.92 Å². The van der Waals surface area contributed by atoms with E-state index in [1.165, 1.54) is 0 Å². The van der Waals surface area contributed by atoms with Crippen LogP contribution >= 0.6 is 11.6 Å². The van der Waals surface area contributed by atoms with Crippen LogP contribution in [0.2, 0.25) is 5.02 Å². The third-order valence-corrected chi connectivity index (χ3v) is 3.15. The number of aryl methyl sites for hydroxylation is 1. The summed E-state index contributed by atoms with van der Waals surface area (Å²) in [4.78, 5) is 6.45. The molecule has 0 aliphatic heterocycles. The van der Waals surface area contributed by atoms with Crippen LogP contribution in [0.1, 0.15) is 18.1 Å². The second-order valence-electron chi connectivity index (χ2n) is 4.71. The van der Waals surface area contributed by atoms with Gasteiger partial charge in [0.1, 0.15) is 11.6 Å². The molecule has 0 bridgehead atoms. The minimum Gasteiger partial charge on any atom is -0.492 e. The van der Waals surface area contributed by atoms with E-state index in [4.69, 9.17) is 16.3 Å². The normalized spacial score (nSPS) is 11.0. The Bertz CT molecular complexity index is 543. The van der Waals surface area contributed by atoms with E-state index in [-0.39, 0.29) is 0 Å². The quantitative estimate of drug-likeness (QED) is 0.798. The number of benzene rings is 1. The van der Waals surface area contributed by atoms with Crippen LogP contribution < -0.4 is 4.74 Å². The van der Waals surface area contributed by atoms with E-state index >= 15 is 0 Å². The van der Waals surface area contributed by atoms with E-state index in [2.05, 4.69) is 20.1 Å². The van der Waals surface area contributed by atoms with Gasteiger partial charge in [0.15, 0.2) is 5.82 Å². The van der Waals surface area contributed by atoms with Crippen molar-refractivity contribution in [2.75, 3.05) is 20.2 Å². The zero-order chi connectivity index (χ0) is 14.4. The number of aromatic amines is 1. The van der Waals surface area contributed by atoms with Crippen molar-refractivity contribution in [1.82, 2.24) is 20.1 Å². The zero-order valence-corrected chi connectivity index (χ0v) is 12.5. The van der Waals surface area contributed by atoms with Crippen molar-refractivity contribution in [3.63, 3.8) is 0 Å². The van der Waals surface area contributed by atoms with Gasteiger partial charge >= 0.3 is 0 Å². The van der Waals surface area contributed by atoms with Crippen molar-refractivity contribution < 1.29 is 4.74 Å². The Morgan fingerprint density at radius 3 is 2.85 bits per heavy atom. The van der Waals surface area contributed by atoms with Gasteiger partial charge < -0.3 is 4.74 Å². The fraction of sp³-hybridized carbons (Fsp3) is 0.429. The number of nitrogens with zero attached hydrogens (tertiary/aromatic N) is 3. The van der Waals surface area contributed by atoms with Gasteiger partial charge in [0.25, 0.3) is 0 Å². The summed E-state index contributed by atoms with van der Waals surface area (Å²) in [6.07, 6.45) is 0.922. The Morgan fingerprint density at radius 2 is 2.15 bits per heavy atom. The topological polar surface area (TPSA) is 54.0 Å². The molecule has 1 heterocycles. The van der Waals surface area contributed by atoms with E-state index in [1.807, 2.05) is 38.2 Å². The third-order valence-electron chi connectivity index (χ3n) is 2.83. The summed E-state index contributed by atoms with van der Waals surface area (Å²) in [5.74, 6) is 2.40. The maximum atomic E-state index is 6.02. The standard InChI is InChI=1S/C14H19ClN4O/c1-11-16-14(18-17-11)10-19(2)8-5-9-20-13-7-4-3-6-12(13)15/h3-4,6-7H,5,8-10H2,1-2H3,(H,16,17,18). The molecule has 0 amide bonds. The smallest absolute Gasteiger partial charge is 0.164 e. The Balaban J connectivity index is 1.67. The van der Waals surface area contributed by atoms with Gasteiger partial charge in [-0.2, -0.15) is 5.10 Å². The molecule has 1 aromatic carbocycles. The summed E-state index contributed by atoms with van der Waals surface area (Å²) >= 11 is 6.02. The van der Waals surface area contributed by atoms with Crippen LogP contribution in [0.3, 0.4) is 0 Å². The van der Waals surface area contributed by atoms with E-state index in [1.54, 1.807) is 0 Å². The highest BCUT2D eigenvalue weighted by molar-refractivity contribution is 6.32. The molecule has 108 valence electrons. The highest BCUT2D eigenvalue weighted by Crippen LogP contribution is 2.23. The maximum absolute atomic E-state index is 6.02. The second-order valence-corrected chi connectivity index (χ2v) is 5.11. The van der Waals surface area contributed by atoms with Gasteiger partial charge in [-0.05, 0) is 32.5 Å². The first-order chi connectivity index (χ1) is 9.65. The second kappa shape index (κ2) is 7.26. The molecule has 2 rings (SSSR count). The van der Waals surface area contributed by atoms with Crippen molar-refractivity contribution in [1.29, 1.82) is 0 Å². The minimum absolute atomic E-state index is 0.640. The lowest BCUT2D eigenvalue weighted by Crippen LogP contribution is -2.21. The third kappa shape index (κ3) is 4.51. The Labute approximate surface area is 123 Å². The number of hydrogen-bond donors (Lipinski definition) is 1. The van der Waals surface area contributed by atoms with Gasteiger partial charge in [0.05, 0.1) is 18.2 Å². The van der Waals surface area contributed by atoms with Crippen LogP contribution in [-0.2, 0) is 6.54 Å². The molecule has 0 aliphatic rings. The van der Waals surface area contributed by atoms with Crippen molar-refractivity contribution in [3.8, 4) is 5.75 Å². The molecule has 0 saturated heterocycles. The fourth-order valence-corrected chi connectivity index (χ4v) is 2.05. The number of halogens is 1. The molecule has 0 saturated carbocycles.